The normalized spacial score (nSPS) is 10.4. The summed E-state index contributed by atoms with van der Waals surface area (Å²) in [6, 6.07) is 9.42. The Hall–Kier alpha value is -1.90. The van der Waals surface area contributed by atoms with Crippen LogP contribution >= 0.6 is 0 Å². The molecule has 0 fully saturated rings. The Labute approximate surface area is 82.3 Å². The highest BCUT2D eigenvalue weighted by atomic mass is 16.5. The SMILES string of the molecule is COc1ccc2c(N)cccc2c1N. The minimum absolute atomic E-state index is 0.636. The zero-order valence-corrected chi connectivity index (χ0v) is 7.95. The molecule has 0 saturated carbocycles. The number of fused-ring (bicyclic) bond motifs is 1. The standard InChI is InChI=1S/C11H12N2O/c1-14-10-6-5-7-8(11(10)13)3-2-4-9(7)12/h2-6H,12-13H2,1H3. The maximum Gasteiger partial charge on any atom is 0.142 e. The summed E-state index contributed by atoms with van der Waals surface area (Å²) in [6.45, 7) is 0. The highest BCUT2D eigenvalue weighted by molar-refractivity contribution is 6.01. The lowest BCUT2D eigenvalue weighted by Gasteiger charge is -2.08. The number of ether oxygens (including phenoxy) is 1. The van der Waals surface area contributed by atoms with E-state index in [1.54, 1.807) is 7.11 Å². The second-order valence-electron chi connectivity index (χ2n) is 3.12. The van der Waals surface area contributed by atoms with Gasteiger partial charge in [-0.05, 0) is 18.2 Å². The maximum absolute atomic E-state index is 5.92. The van der Waals surface area contributed by atoms with Gasteiger partial charge in [-0.2, -0.15) is 0 Å². The third-order valence-corrected chi connectivity index (χ3v) is 2.32. The molecule has 72 valence electrons. The van der Waals surface area contributed by atoms with E-state index < -0.39 is 0 Å². The molecular weight excluding hydrogens is 176 g/mol. The van der Waals surface area contributed by atoms with Crippen LogP contribution in [0.2, 0.25) is 0 Å². The number of nitrogen functional groups attached to an aromatic ring is 2. The van der Waals surface area contributed by atoms with Crippen molar-refractivity contribution in [3.8, 4) is 5.75 Å². The molecule has 0 aliphatic rings. The Balaban J connectivity index is 2.84. The lowest BCUT2D eigenvalue weighted by atomic mass is 10.1. The van der Waals surface area contributed by atoms with Crippen LogP contribution in [0.4, 0.5) is 11.4 Å². The topological polar surface area (TPSA) is 61.3 Å². The van der Waals surface area contributed by atoms with E-state index in [9.17, 15) is 0 Å². The number of methoxy groups -OCH3 is 1. The Kier molecular flexibility index (Phi) is 1.93. The van der Waals surface area contributed by atoms with E-state index in [2.05, 4.69) is 0 Å². The van der Waals surface area contributed by atoms with Crippen LogP contribution in [-0.2, 0) is 0 Å². The Morgan fingerprint density at radius 3 is 2.50 bits per heavy atom. The molecule has 0 heterocycles. The van der Waals surface area contributed by atoms with E-state index in [4.69, 9.17) is 16.2 Å². The molecule has 0 aliphatic heterocycles. The zero-order chi connectivity index (χ0) is 10.1. The molecule has 4 N–H and O–H groups in total. The van der Waals surface area contributed by atoms with Gasteiger partial charge in [0.2, 0.25) is 0 Å². The van der Waals surface area contributed by atoms with Gasteiger partial charge in [0.05, 0.1) is 12.8 Å². The van der Waals surface area contributed by atoms with Gasteiger partial charge in [0, 0.05) is 16.5 Å². The Morgan fingerprint density at radius 2 is 1.79 bits per heavy atom. The number of rotatable bonds is 1. The quantitative estimate of drug-likeness (QED) is 0.673. The van der Waals surface area contributed by atoms with Crippen LogP contribution in [0.1, 0.15) is 0 Å². The molecule has 0 radical (unpaired) electrons. The zero-order valence-electron chi connectivity index (χ0n) is 7.95. The van der Waals surface area contributed by atoms with E-state index in [0.717, 1.165) is 16.5 Å². The van der Waals surface area contributed by atoms with Crippen molar-refractivity contribution < 1.29 is 4.74 Å². The van der Waals surface area contributed by atoms with Gasteiger partial charge >= 0.3 is 0 Å². The number of anilines is 2. The van der Waals surface area contributed by atoms with Crippen LogP contribution in [-0.4, -0.2) is 7.11 Å². The van der Waals surface area contributed by atoms with Gasteiger partial charge in [-0.15, -0.1) is 0 Å². The van der Waals surface area contributed by atoms with Crippen LogP contribution in [0, 0.1) is 0 Å². The summed E-state index contributed by atoms with van der Waals surface area (Å²) in [4.78, 5) is 0. The predicted octanol–water partition coefficient (Wildman–Crippen LogP) is 2.01. The number of hydrogen-bond donors (Lipinski definition) is 2. The summed E-state index contributed by atoms with van der Waals surface area (Å²) in [5, 5.41) is 1.90. The second-order valence-corrected chi connectivity index (χ2v) is 3.12. The van der Waals surface area contributed by atoms with E-state index in [1.165, 1.54) is 0 Å². The van der Waals surface area contributed by atoms with Gasteiger partial charge in [0.25, 0.3) is 0 Å². The number of benzene rings is 2. The molecule has 0 aliphatic carbocycles. The van der Waals surface area contributed by atoms with Crippen molar-refractivity contribution in [1.82, 2.24) is 0 Å². The third kappa shape index (κ3) is 1.14. The second kappa shape index (κ2) is 3.10. The molecule has 0 amide bonds. The first-order chi connectivity index (χ1) is 6.74. The largest absolute Gasteiger partial charge is 0.495 e. The highest BCUT2D eigenvalue weighted by Gasteiger charge is 2.05. The van der Waals surface area contributed by atoms with Crippen molar-refractivity contribution in [2.24, 2.45) is 0 Å². The molecule has 2 aromatic rings. The molecular formula is C11H12N2O. The lowest BCUT2D eigenvalue weighted by Crippen LogP contribution is -1.95. The fourth-order valence-corrected chi connectivity index (χ4v) is 1.56. The average molecular weight is 188 g/mol. The molecule has 0 spiro atoms. The lowest BCUT2D eigenvalue weighted by molar-refractivity contribution is 0.417. The summed E-state index contributed by atoms with van der Waals surface area (Å²) in [5.74, 6) is 0.683. The van der Waals surface area contributed by atoms with Gasteiger partial charge in [-0.3, -0.25) is 0 Å². The summed E-state index contributed by atoms with van der Waals surface area (Å²) in [7, 11) is 1.60. The first kappa shape index (κ1) is 8.69. The van der Waals surface area contributed by atoms with Gasteiger partial charge < -0.3 is 16.2 Å². The summed E-state index contributed by atoms with van der Waals surface area (Å²) < 4.78 is 5.13. The smallest absolute Gasteiger partial charge is 0.142 e. The van der Waals surface area contributed by atoms with Gasteiger partial charge in [-0.1, -0.05) is 12.1 Å². The predicted molar refractivity (Wildman–Crippen MR) is 59.3 cm³/mol. The van der Waals surface area contributed by atoms with Crippen molar-refractivity contribution in [1.29, 1.82) is 0 Å². The van der Waals surface area contributed by atoms with Gasteiger partial charge in [0.1, 0.15) is 5.75 Å². The minimum Gasteiger partial charge on any atom is -0.495 e. The molecule has 3 heteroatoms. The van der Waals surface area contributed by atoms with Gasteiger partial charge in [0.15, 0.2) is 0 Å². The van der Waals surface area contributed by atoms with Crippen molar-refractivity contribution >= 4 is 22.1 Å². The van der Waals surface area contributed by atoms with Gasteiger partial charge in [-0.25, -0.2) is 0 Å². The summed E-state index contributed by atoms with van der Waals surface area (Å²) >= 11 is 0. The molecule has 2 rings (SSSR count). The fraction of sp³-hybridized carbons (Fsp3) is 0.0909. The Bertz CT molecular complexity index is 480. The minimum atomic E-state index is 0.636. The molecule has 0 atom stereocenters. The van der Waals surface area contributed by atoms with E-state index >= 15 is 0 Å². The summed E-state index contributed by atoms with van der Waals surface area (Å²) in [6.07, 6.45) is 0. The first-order valence-electron chi connectivity index (χ1n) is 4.34. The Morgan fingerprint density at radius 1 is 1.00 bits per heavy atom. The number of hydrogen-bond acceptors (Lipinski definition) is 3. The van der Waals surface area contributed by atoms with Crippen LogP contribution in [0.15, 0.2) is 30.3 Å². The molecule has 0 aromatic heterocycles. The van der Waals surface area contributed by atoms with E-state index in [-0.39, 0.29) is 0 Å². The maximum atomic E-state index is 5.92. The van der Waals surface area contributed by atoms with Crippen molar-refractivity contribution in [3.05, 3.63) is 30.3 Å². The average Bonchev–Trinajstić information content (AvgIpc) is 2.20. The van der Waals surface area contributed by atoms with Crippen molar-refractivity contribution in [2.45, 2.75) is 0 Å². The van der Waals surface area contributed by atoms with Crippen molar-refractivity contribution in [2.75, 3.05) is 18.6 Å². The molecule has 3 nitrogen and oxygen atoms in total. The monoisotopic (exact) mass is 188 g/mol. The highest BCUT2D eigenvalue weighted by Crippen LogP contribution is 2.32. The van der Waals surface area contributed by atoms with E-state index in [1.807, 2.05) is 30.3 Å². The molecule has 2 aromatic carbocycles. The number of nitrogens with two attached hydrogens (primary N) is 2. The van der Waals surface area contributed by atoms with Crippen molar-refractivity contribution in [3.63, 3.8) is 0 Å². The fourth-order valence-electron chi connectivity index (χ4n) is 1.56. The molecule has 0 bridgehead atoms. The summed E-state index contributed by atoms with van der Waals surface area (Å²) in [5.41, 5.74) is 13.1. The third-order valence-electron chi connectivity index (χ3n) is 2.32. The first-order valence-corrected chi connectivity index (χ1v) is 4.34. The van der Waals surface area contributed by atoms with Crippen LogP contribution in [0.25, 0.3) is 10.8 Å². The van der Waals surface area contributed by atoms with Crippen LogP contribution in [0.3, 0.4) is 0 Å². The van der Waals surface area contributed by atoms with E-state index in [0.29, 0.717) is 11.4 Å². The molecule has 14 heavy (non-hydrogen) atoms. The van der Waals surface area contributed by atoms with Crippen LogP contribution < -0.4 is 16.2 Å². The molecule has 0 saturated heterocycles. The van der Waals surface area contributed by atoms with Crippen LogP contribution in [0.5, 0.6) is 5.75 Å². The molecule has 0 unspecified atom stereocenters.